The minimum atomic E-state index is -0.243. The Balaban J connectivity index is 2.25. The first-order chi connectivity index (χ1) is 10.9. The van der Waals surface area contributed by atoms with Gasteiger partial charge in [-0.15, -0.1) is 0 Å². The van der Waals surface area contributed by atoms with Gasteiger partial charge in [-0.25, -0.2) is 4.98 Å². The van der Waals surface area contributed by atoms with Crippen molar-refractivity contribution in [1.82, 2.24) is 9.88 Å². The molecule has 0 spiro atoms. The fourth-order valence-corrected chi connectivity index (χ4v) is 2.58. The van der Waals surface area contributed by atoms with Crippen LogP contribution in [0.25, 0.3) is 10.9 Å². The highest BCUT2D eigenvalue weighted by atomic mass is 35.5. The lowest BCUT2D eigenvalue weighted by molar-refractivity contribution is -0.131. The van der Waals surface area contributed by atoms with Gasteiger partial charge in [-0.1, -0.05) is 23.2 Å². The molecule has 0 saturated heterocycles. The Kier molecular flexibility index (Phi) is 5.64. The molecule has 0 aliphatic rings. The molecule has 0 unspecified atom stereocenters. The Labute approximate surface area is 144 Å². The molecular weight excluding hydrogens is 337 g/mol. The van der Waals surface area contributed by atoms with Gasteiger partial charge in [0.25, 0.3) is 5.91 Å². The number of likely N-dealkylation sites (N-methyl/N-ethyl adjacent to an activating group) is 1. The summed E-state index contributed by atoms with van der Waals surface area (Å²) in [7, 11) is 1.62. The largest absolute Gasteiger partial charge is 0.480 e. The zero-order valence-corrected chi connectivity index (χ0v) is 14.3. The van der Waals surface area contributed by atoms with E-state index >= 15 is 0 Å². The van der Waals surface area contributed by atoms with Crippen LogP contribution in [0.2, 0.25) is 10.0 Å². The van der Waals surface area contributed by atoms with Gasteiger partial charge < -0.3 is 9.64 Å². The zero-order valence-electron chi connectivity index (χ0n) is 12.8. The van der Waals surface area contributed by atoms with E-state index in [1.54, 1.807) is 13.1 Å². The number of hydrogen-bond acceptors (Lipinski definition) is 4. The lowest BCUT2D eigenvalue weighted by Gasteiger charge is -2.17. The third-order valence-corrected chi connectivity index (χ3v) is 3.90. The molecule has 1 aromatic carbocycles. The van der Waals surface area contributed by atoms with Crippen molar-refractivity contribution in [2.45, 2.75) is 13.3 Å². The number of rotatable bonds is 5. The maximum atomic E-state index is 12.0. The molecule has 0 bridgehead atoms. The molecule has 0 aliphatic carbocycles. The molecule has 2 rings (SSSR count). The van der Waals surface area contributed by atoms with Gasteiger partial charge in [-0.05, 0) is 25.1 Å². The Morgan fingerprint density at radius 1 is 1.39 bits per heavy atom. The van der Waals surface area contributed by atoms with E-state index in [0.29, 0.717) is 33.2 Å². The smallest absolute Gasteiger partial charge is 0.260 e. The number of benzene rings is 1. The summed E-state index contributed by atoms with van der Waals surface area (Å²) in [5, 5.41) is 10.0. The summed E-state index contributed by atoms with van der Waals surface area (Å²) in [4.78, 5) is 17.9. The second-order valence-corrected chi connectivity index (χ2v) is 5.84. The van der Waals surface area contributed by atoms with E-state index in [2.05, 4.69) is 4.98 Å². The Bertz CT molecular complexity index is 787. The van der Waals surface area contributed by atoms with Crippen LogP contribution in [-0.2, 0) is 4.79 Å². The summed E-state index contributed by atoms with van der Waals surface area (Å²) in [5.74, 6) is 0.0869. The first-order valence-electron chi connectivity index (χ1n) is 6.93. The number of carbonyl (C=O) groups excluding carboxylic acids is 1. The molecular formula is C16H15Cl2N3O2. The number of amides is 1. The number of nitrogens with zero attached hydrogens (tertiary/aromatic N) is 3. The van der Waals surface area contributed by atoms with Crippen molar-refractivity contribution in [2.75, 3.05) is 20.2 Å². The SMILES string of the molecule is Cc1ccc2c(Cl)cc(Cl)c(OCC(=O)N(C)CCC#N)c2n1. The summed E-state index contributed by atoms with van der Waals surface area (Å²) < 4.78 is 5.60. The Morgan fingerprint density at radius 2 is 2.13 bits per heavy atom. The van der Waals surface area contributed by atoms with Crippen molar-refractivity contribution in [1.29, 1.82) is 5.26 Å². The molecule has 0 aliphatic heterocycles. The third kappa shape index (κ3) is 4.04. The Hall–Kier alpha value is -2.03. The normalized spacial score (nSPS) is 10.4. The zero-order chi connectivity index (χ0) is 17.0. The van der Waals surface area contributed by atoms with E-state index in [9.17, 15) is 4.79 Å². The van der Waals surface area contributed by atoms with Gasteiger partial charge >= 0.3 is 0 Å². The molecule has 7 heteroatoms. The van der Waals surface area contributed by atoms with Crippen LogP contribution in [0.5, 0.6) is 5.75 Å². The van der Waals surface area contributed by atoms with Crippen LogP contribution in [0.15, 0.2) is 18.2 Å². The number of ether oxygens (including phenoxy) is 1. The number of nitriles is 1. The molecule has 0 fully saturated rings. The number of halogens is 2. The quantitative estimate of drug-likeness (QED) is 0.825. The first kappa shape index (κ1) is 17.3. The van der Waals surface area contributed by atoms with Crippen molar-refractivity contribution >= 4 is 40.0 Å². The highest BCUT2D eigenvalue weighted by Crippen LogP contribution is 2.37. The maximum Gasteiger partial charge on any atom is 0.260 e. The minimum Gasteiger partial charge on any atom is -0.480 e. The molecule has 1 aromatic heterocycles. The average molecular weight is 352 g/mol. The lowest BCUT2D eigenvalue weighted by atomic mass is 10.2. The van der Waals surface area contributed by atoms with E-state index in [1.807, 2.05) is 25.1 Å². The number of aryl methyl sites for hydroxylation is 1. The summed E-state index contributed by atoms with van der Waals surface area (Å²) in [6.45, 7) is 2.01. The van der Waals surface area contributed by atoms with Gasteiger partial charge in [-0.3, -0.25) is 4.79 Å². The molecule has 1 heterocycles. The predicted octanol–water partition coefficient (Wildman–Crippen LogP) is 3.60. The van der Waals surface area contributed by atoms with Crippen LogP contribution >= 0.6 is 23.2 Å². The highest BCUT2D eigenvalue weighted by Gasteiger charge is 2.16. The molecule has 0 radical (unpaired) electrons. The van der Waals surface area contributed by atoms with Crippen LogP contribution in [0, 0.1) is 18.3 Å². The summed E-state index contributed by atoms with van der Waals surface area (Å²) >= 11 is 12.4. The Morgan fingerprint density at radius 3 is 2.83 bits per heavy atom. The lowest BCUT2D eigenvalue weighted by Crippen LogP contribution is -2.32. The third-order valence-electron chi connectivity index (χ3n) is 3.30. The predicted molar refractivity (Wildman–Crippen MR) is 89.9 cm³/mol. The number of aromatic nitrogens is 1. The van der Waals surface area contributed by atoms with Crippen molar-refractivity contribution in [3.63, 3.8) is 0 Å². The van der Waals surface area contributed by atoms with Crippen molar-refractivity contribution in [3.05, 3.63) is 33.9 Å². The van der Waals surface area contributed by atoms with Gasteiger partial charge in [0.1, 0.15) is 5.52 Å². The second-order valence-electron chi connectivity index (χ2n) is 5.03. The molecule has 0 saturated carbocycles. The van der Waals surface area contributed by atoms with Crippen molar-refractivity contribution in [3.8, 4) is 11.8 Å². The fraction of sp³-hybridized carbons (Fsp3) is 0.312. The van der Waals surface area contributed by atoms with Gasteiger partial charge in [0.05, 0.1) is 22.5 Å². The van der Waals surface area contributed by atoms with E-state index in [0.717, 1.165) is 5.69 Å². The molecule has 2 aromatic rings. The minimum absolute atomic E-state index is 0.187. The fourth-order valence-electron chi connectivity index (χ4n) is 2.01. The standard InChI is InChI=1S/C16H15Cl2N3O2/c1-10-4-5-11-12(17)8-13(18)16(15(11)20-10)23-9-14(22)21(2)7-3-6-19/h4-5,8H,3,7,9H2,1-2H3. The number of fused-ring (bicyclic) bond motifs is 1. The molecule has 120 valence electrons. The molecule has 5 nitrogen and oxygen atoms in total. The van der Waals surface area contributed by atoms with Crippen LogP contribution in [0.4, 0.5) is 0 Å². The highest BCUT2D eigenvalue weighted by molar-refractivity contribution is 6.39. The van der Waals surface area contributed by atoms with E-state index in [-0.39, 0.29) is 18.9 Å². The number of hydrogen-bond donors (Lipinski definition) is 0. The summed E-state index contributed by atoms with van der Waals surface area (Å²) in [5.41, 5.74) is 1.31. The molecule has 23 heavy (non-hydrogen) atoms. The van der Waals surface area contributed by atoms with Crippen molar-refractivity contribution < 1.29 is 9.53 Å². The monoisotopic (exact) mass is 351 g/mol. The number of carbonyl (C=O) groups is 1. The van der Waals surface area contributed by atoms with Crippen LogP contribution in [0.1, 0.15) is 12.1 Å². The van der Waals surface area contributed by atoms with Crippen LogP contribution < -0.4 is 4.74 Å². The van der Waals surface area contributed by atoms with Gasteiger partial charge in [0.2, 0.25) is 0 Å². The number of pyridine rings is 1. The average Bonchev–Trinajstić information content (AvgIpc) is 2.51. The van der Waals surface area contributed by atoms with Gasteiger partial charge in [-0.2, -0.15) is 5.26 Å². The molecule has 0 atom stereocenters. The summed E-state index contributed by atoms with van der Waals surface area (Å²) in [6.07, 6.45) is 0.271. The second kappa shape index (κ2) is 7.49. The maximum absolute atomic E-state index is 12.0. The van der Waals surface area contributed by atoms with Crippen molar-refractivity contribution in [2.24, 2.45) is 0 Å². The summed E-state index contributed by atoms with van der Waals surface area (Å²) in [6, 6.07) is 7.24. The topological polar surface area (TPSA) is 66.2 Å². The van der Waals surface area contributed by atoms with Crippen LogP contribution in [0.3, 0.4) is 0 Å². The molecule has 0 N–H and O–H groups in total. The van der Waals surface area contributed by atoms with Gasteiger partial charge in [0, 0.05) is 24.7 Å². The first-order valence-corrected chi connectivity index (χ1v) is 7.68. The van der Waals surface area contributed by atoms with E-state index in [4.69, 9.17) is 33.2 Å². The van der Waals surface area contributed by atoms with Crippen LogP contribution in [-0.4, -0.2) is 36.0 Å². The van der Waals surface area contributed by atoms with Gasteiger partial charge in [0.15, 0.2) is 12.4 Å². The van der Waals surface area contributed by atoms with E-state index in [1.165, 1.54) is 4.90 Å². The van der Waals surface area contributed by atoms with E-state index < -0.39 is 0 Å². The molecule has 1 amide bonds.